The smallest absolute Gasteiger partial charge is 0.276 e. The molecule has 1 unspecified atom stereocenters. The Bertz CT molecular complexity index is 808. The monoisotopic (exact) mass is 371 g/mol. The van der Waals surface area contributed by atoms with E-state index in [1.54, 1.807) is 7.05 Å². The Morgan fingerprint density at radius 1 is 1.32 bits per heavy atom. The molecule has 0 fully saturated rings. The van der Waals surface area contributed by atoms with Crippen LogP contribution in [0, 0.1) is 11.6 Å². The highest BCUT2D eigenvalue weighted by molar-refractivity contribution is 7.83. The van der Waals surface area contributed by atoms with Gasteiger partial charge in [-0.3, -0.25) is 4.79 Å². The molecule has 25 heavy (non-hydrogen) atoms. The predicted molar refractivity (Wildman–Crippen MR) is 91.0 cm³/mol. The average molecular weight is 371 g/mol. The molecule has 0 aliphatic heterocycles. The first-order valence-corrected chi connectivity index (χ1v) is 8.69. The minimum atomic E-state index is -1.54. The summed E-state index contributed by atoms with van der Waals surface area (Å²) in [7, 11) is 1.43. The Labute approximate surface area is 146 Å². The lowest BCUT2D eigenvalue weighted by Gasteiger charge is -2.09. The topological polar surface area (TPSA) is 72.4 Å². The molecule has 0 aliphatic rings. The summed E-state index contributed by atoms with van der Waals surface area (Å²) in [4.78, 5) is 12.8. The zero-order valence-electron chi connectivity index (χ0n) is 14.1. The first-order valence-electron chi connectivity index (χ1n) is 7.54. The number of aryl methyl sites for hydroxylation is 1. The minimum Gasteiger partial charge on any atom is -0.493 e. The number of hydrogen-bond acceptors (Lipinski definition) is 3. The molecule has 0 bridgehead atoms. The molecule has 1 atom stereocenters. The summed E-state index contributed by atoms with van der Waals surface area (Å²) in [6, 6.07) is 3.04. The summed E-state index contributed by atoms with van der Waals surface area (Å²) in [5, 5.41) is 2.47. The van der Waals surface area contributed by atoms with Crippen LogP contribution in [0.4, 0.5) is 14.5 Å². The molecular weight excluding hydrogens is 352 g/mol. The first-order chi connectivity index (χ1) is 11.9. The number of aromatic nitrogens is 1. The van der Waals surface area contributed by atoms with Crippen LogP contribution in [0.3, 0.4) is 0 Å². The highest BCUT2D eigenvalue weighted by Crippen LogP contribution is 2.29. The zero-order chi connectivity index (χ0) is 18.6. The Balaban J connectivity index is 2.31. The van der Waals surface area contributed by atoms with Gasteiger partial charge in [0.25, 0.3) is 5.91 Å². The van der Waals surface area contributed by atoms with Crippen molar-refractivity contribution in [2.75, 3.05) is 19.0 Å². The second kappa shape index (κ2) is 8.21. The van der Waals surface area contributed by atoms with Crippen molar-refractivity contribution in [1.29, 1.82) is 0 Å². The second-order valence-corrected chi connectivity index (χ2v) is 6.50. The van der Waals surface area contributed by atoms with E-state index in [9.17, 15) is 17.8 Å². The van der Waals surface area contributed by atoms with E-state index in [0.717, 1.165) is 18.6 Å². The van der Waals surface area contributed by atoms with Crippen LogP contribution in [-0.4, -0.2) is 28.3 Å². The van der Waals surface area contributed by atoms with Crippen molar-refractivity contribution in [3.8, 4) is 5.75 Å². The van der Waals surface area contributed by atoms with E-state index in [-0.39, 0.29) is 17.1 Å². The molecule has 0 aliphatic carbocycles. The molecule has 1 heterocycles. The van der Waals surface area contributed by atoms with Gasteiger partial charge in [0.15, 0.2) is 23.1 Å². The Morgan fingerprint density at radius 3 is 2.64 bits per heavy atom. The summed E-state index contributed by atoms with van der Waals surface area (Å²) in [5.74, 6) is -2.51. The van der Waals surface area contributed by atoms with Gasteiger partial charge in [0, 0.05) is 31.5 Å². The number of nitrogens with zero attached hydrogens (tertiary/aromatic N) is 1. The standard InChI is InChI=1S/C16H19F2N3O3S/c1-4-7-19-25(23)13-9-21(2)14(15(13)24-3)16(22)20-10-5-6-11(17)12(18)8-10/h5-6,8-9,19H,4,7H2,1-3H3,(H,20,22). The van der Waals surface area contributed by atoms with E-state index in [2.05, 4.69) is 10.0 Å². The molecule has 2 aromatic rings. The maximum atomic E-state index is 13.3. The highest BCUT2D eigenvalue weighted by Gasteiger charge is 2.24. The molecule has 2 N–H and O–H groups in total. The molecule has 2 rings (SSSR count). The lowest BCUT2D eigenvalue weighted by atomic mass is 10.3. The highest BCUT2D eigenvalue weighted by atomic mass is 32.2. The molecule has 0 saturated heterocycles. The van der Waals surface area contributed by atoms with Gasteiger partial charge in [-0.2, -0.15) is 0 Å². The van der Waals surface area contributed by atoms with E-state index in [4.69, 9.17) is 4.74 Å². The van der Waals surface area contributed by atoms with Crippen LogP contribution in [0.2, 0.25) is 0 Å². The molecule has 1 amide bonds. The van der Waals surface area contributed by atoms with Crippen LogP contribution in [0.25, 0.3) is 0 Å². The third-order valence-corrected chi connectivity index (χ3v) is 4.54. The molecule has 0 radical (unpaired) electrons. The van der Waals surface area contributed by atoms with Crippen molar-refractivity contribution in [3.05, 3.63) is 41.7 Å². The molecule has 136 valence electrons. The molecule has 1 aromatic heterocycles. The van der Waals surface area contributed by atoms with Crippen LogP contribution >= 0.6 is 0 Å². The van der Waals surface area contributed by atoms with E-state index in [1.165, 1.54) is 23.9 Å². The fourth-order valence-electron chi connectivity index (χ4n) is 2.21. The number of amides is 1. The number of hydrogen-bond donors (Lipinski definition) is 2. The summed E-state index contributed by atoms with van der Waals surface area (Å²) in [6.45, 7) is 2.48. The van der Waals surface area contributed by atoms with Crippen LogP contribution in [0.15, 0.2) is 29.3 Å². The van der Waals surface area contributed by atoms with Gasteiger partial charge in [-0.15, -0.1) is 0 Å². The molecule has 1 aromatic carbocycles. The lowest BCUT2D eigenvalue weighted by Crippen LogP contribution is -2.18. The minimum absolute atomic E-state index is 0.0962. The van der Waals surface area contributed by atoms with E-state index >= 15 is 0 Å². The summed E-state index contributed by atoms with van der Waals surface area (Å²) >= 11 is 0. The summed E-state index contributed by atoms with van der Waals surface area (Å²) < 4.78 is 48.1. The predicted octanol–water partition coefficient (Wildman–Crippen LogP) is 2.59. The number of ether oxygens (including phenoxy) is 1. The van der Waals surface area contributed by atoms with Gasteiger partial charge in [0.2, 0.25) is 0 Å². The van der Waals surface area contributed by atoms with Crippen LogP contribution < -0.4 is 14.8 Å². The molecule has 0 saturated carbocycles. The van der Waals surface area contributed by atoms with Crippen molar-refractivity contribution < 1.29 is 22.5 Å². The van der Waals surface area contributed by atoms with Gasteiger partial charge < -0.3 is 14.6 Å². The second-order valence-electron chi connectivity index (χ2n) is 5.23. The van der Waals surface area contributed by atoms with Gasteiger partial charge in [-0.05, 0) is 18.6 Å². The van der Waals surface area contributed by atoms with Gasteiger partial charge >= 0.3 is 0 Å². The number of benzene rings is 1. The number of halogens is 2. The number of carbonyl (C=O) groups excluding carboxylic acids is 1. The fourth-order valence-corrected chi connectivity index (χ4v) is 3.35. The number of methoxy groups -OCH3 is 1. The number of nitrogens with one attached hydrogen (secondary N) is 2. The van der Waals surface area contributed by atoms with Crippen molar-refractivity contribution in [2.24, 2.45) is 7.05 Å². The number of carbonyl (C=O) groups is 1. The van der Waals surface area contributed by atoms with Gasteiger partial charge in [0.05, 0.1) is 7.11 Å². The number of anilines is 1. The largest absolute Gasteiger partial charge is 0.493 e. The van der Waals surface area contributed by atoms with E-state index < -0.39 is 28.5 Å². The van der Waals surface area contributed by atoms with Crippen molar-refractivity contribution in [3.63, 3.8) is 0 Å². The molecule has 6 nitrogen and oxygen atoms in total. The van der Waals surface area contributed by atoms with E-state index in [1.807, 2.05) is 6.92 Å². The van der Waals surface area contributed by atoms with Gasteiger partial charge in [-0.1, -0.05) is 6.92 Å². The third-order valence-electron chi connectivity index (χ3n) is 3.38. The zero-order valence-corrected chi connectivity index (χ0v) is 14.9. The third kappa shape index (κ3) is 4.23. The summed E-state index contributed by atoms with van der Waals surface area (Å²) in [6.07, 6.45) is 2.32. The Morgan fingerprint density at radius 2 is 2.04 bits per heavy atom. The fraction of sp³-hybridized carbons (Fsp3) is 0.312. The average Bonchev–Trinajstić information content (AvgIpc) is 2.92. The quantitative estimate of drug-likeness (QED) is 0.786. The van der Waals surface area contributed by atoms with Crippen LogP contribution in [-0.2, 0) is 18.0 Å². The maximum absolute atomic E-state index is 13.3. The Hall–Kier alpha value is -2.26. The first kappa shape index (κ1) is 19.1. The lowest BCUT2D eigenvalue weighted by molar-refractivity contribution is 0.101. The SMILES string of the molecule is CCCNS(=O)c1cn(C)c(C(=O)Nc2ccc(F)c(F)c2)c1OC. The van der Waals surface area contributed by atoms with Gasteiger partial charge in [-0.25, -0.2) is 17.7 Å². The normalized spacial score (nSPS) is 12.0. The van der Waals surface area contributed by atoms with Crippen molar-refractivity contribution in [2.45, 2.75) is 18.2 Å². The van der Waals surface area contributed by atoms with Crippen molar-refractivity contribution >= 4 is 22.6 Å². The van der Waals surface area contributed by atoms with Gasteiger partial charge in [0.1, 0.15) is 15.9 Å². The molecular formula is C16H19F2N3O3S. The maximum Gasteiger partial charge on any atom is 0.276 e. The number of rotatable bonds is 7. The molecule has 9 heteroatoms. The molecule has 0 spiro atoms. The Kier molecular flexibility index (Phi) is 6.27. The van der Waals surface area contributed by atoms with Crippen molar-refractivity contribution in [1.82, 2.24) is 9.29 Å². The van der Waals surface area contributed by atoms with E-state index in [0.29, 0.717) is 11.4 Å². The van der Waals surface area contributed by atoms with Crippen LogP contribution in [0.5, 0.6) is 5.75 Å². The summed E-state index contributed by atoms with van der Waals surface area (Å²) in [5.41, 5.74) is 0.216. The van der Waals surface area contributed by atoms with Crippen LogP contribution in [0.1, 0.15) is 23.8 Å².